The molecule has 2 amide bonds. The number of amides is 2. The fourth-order valence-corrected chi connectivity index (χ4v) is 4.25. The third-order valence-corrected chi connectivity index (χ3v) is 6.16. The first-order valence-electron chi connectivity index (χ1n) is 10.6. The Labute approximate surface area is 206 Å². The van der Waals surface area contributed by atoms with Gasteiger partial charge in [0.1, 0.15) is 0 Å². The SMILES string of the molecule is CCn1c(SCC(=O)Nc2ccccc2C(=O)Nc2ccccc2)nnc1-c1ccc(Cl)cc1. The van der Waals surface area contributed by atoms with E-state index >= 15 is 0 Å². The van der Waals surface area contributed by atoms with Gasteiger partial charge in [-0.1, -0.05) is 53.7 Å². The van der Waals surface area contributed by atoms with E-state index in [1.807, 2.05) is 41.8 Å². The predicted octanol–water partition coefficient (Wildman–Crippen LogP) is 5.60. The summed E-state index contributed by atoms with van der Waals surface area (Å²) in [5.74, 6) is 0.287. The van der Waals surface area contributed by atoms with Crippen LogP contribution < -0.4 is 10.6 Å². The molecule has 172 valence electrons. The van der Waals surface area contributed by atoms with Crippen LogP contribution in [0.25, 0.3) is 11.4 Å². The van der Waals surface area contributed by atoms with Crippen LogP contribution in [0.2, 0.25) is 5.02 Å². The Morgan fingerprint density at radius 3 is 2.35 bits per heavy atom. The molecule has 0 aliphatic rings. The van der Waals surface area contributed by atoms with Crippen molar-refractivity contribution in [3.63, 3.8) is 0 Å². The molecule has 2 N–H and O–H groups in total. The van der Waals surface area contributed by atoms with Crippen LogP contribution in [0.15, 0.2) is 84.0 Å². The number of hydrogen-bond donors (Lipinski definition) is 2. The van der Waals surface area contributed by atoms with Crippen molar-refractivity contribution in [3.8, 4) is 11.4 Å². The Morgan fingerprint density at radius 1 is 0.912 bits per heavy atom. The highest BCUT2D eigenvalue weighted by Crippen LogP contribution is 2.25. The molecule has 0 radical (unpaired) electrons. The third kappa shape index (κ3) is 5.65. The van der Waals surface area contributed by atoms with Crippen molar-refractivity contribution in [1.29, 1.82) is 0 Å². The molecule has 4 aromatic rings. The van der Waals surface area contributed by atoms with E-state index in [9.17, 15) is 9.59 Å². The van der Waals surface area contributed by atoms with Gasteiger partial charge in [-0.2, -0.15) is 0 Å². The molecular weight excluding hydrogens is 470 g/mol. The van der Waals surface area contributed by atoms with Gasteiger partial charge in [0.05, 0.1) is 17.0 Å². The number of hydrogen-bond acceptors (Lipinski definition) is 5. The van der Waals surface area contributed by atoms with Crippen molar-refractivity contribution in [2.75, 3.05) is 16.4 Å². The van der Waals surface area contributed by atoms with E-state index in [1.165, 1.54) is 11.8 Å². The van der Waals surface area contributed by atoms with Crippen LogP contribution in [0, 0.1) is 0 Å². The van der Waals surface area contributed by atoms with Gasteiger partial charge in [0, 0.05) is 22.8 Å². The largest absolute Gasteiger partial charge is 0.325 e. The van der Waals surface area contributed by atoms with Crippen LogP contribution in [0.5, 0.6) is 0 Å². The molecule has 9 heteroatoms. The van der Waals surface area contributed by atoms with Gasteiger partial charge in [0.15, 0.2) is 11.0 Å². The van der Waals surface area contributed by atoms with E-state index in [0.717, 1.165) is 5.56 Å². The lowest BCUT2D eigenvalue weighted by Crippen LogP contribution is -2.19. The zero-order valence-electron chi connectivity index (χ0n) is 18.4. The summed E-state index contributed by atoms with van der Waals surface area (Å²) < 4.78 is 1.95. The first-order chi connectivity index (χ1) is 16.5. The monoisotopic (exact) mass is 491 g/mol. The second kappa shape index (κ2) is 11.0. The molecule has 0 unspecified atom stereocenters. The predicted molar refractivity (Wildman–Crippen MR) is 136 cm³/mol. The number of nitrogens with zero attached hydrogens (tertiary/aromatic N) is 3. The summed E-state index contributed by atoms with van der Waals surface area (Å²) in [5.41, 5.74) is 2.40. The zero-order chi connectivity index (χ0) is 23.9. The highest BCUT2D eigenvalue weighted by molar-refractivity contribution is 7.99. The van der Waals surface area contributed by atoms with Crippen molar-refractivity contribution in [1.82, 2.24) is 14.8 Å². The van der Waals surface area contributed by atoms with Gasteiger partial charge in [0.25, 0.3) is 5.91 Å². The first-order valence-corrected chi connectivity index (χ1v) is 12.0. The standard InChI is InChI=1S/C25H22ClN5O2S/c1-2-31-23(17-12-14-18(26)15-13-17)29-30-25(31)34-16-22(32)28-21-11-7-6-10-20(21)24(33)27-19-8-4-3-5-9-19/h3-15H,2,16H2,1H3,(H,27,33)(H,28,32). The molecule has 4 rings (SSSR count). The number of aromatic nitrogens is 3. The summed E-state index contributed by atoms with van der Waals surface area (Å²) in [4.78, 5) is 25.4. The number of rotatable bonds is 8. The van der Waals surface area contributed by atoms with Crippen LogP contribution in [0.1, 0.15) is 17.3 Å². The molecule has 0 spiro atoms. The van der Waals surface area contributed by atoms with Crippen molar-refractivity contribution in [2.45, 2.75) is 18.6 Å². The first kappa shape index (κ1) is 23.5. The third-order valence-electron chi connectivity index (χ3n) is 4.95. The molecule has 0 aliphatic carbocycles. The summed E-state index contributed by atoms with van der Waals surface area (Å²) in [6, 6.07) is 23.4. The summed E-state index contributed by atoms with van der Waals surface area (Å²) in [6.07, 6.45) is 0. The average molecular weight is 492 g/mol. The number of nitrogens with one attached hydrogen (secondary N) is 2. The molecule has 0 atom stereocenters. The normalized spacial score (nSPS) is 10.6. The molecule has 0 saturated heterocycles. The summed E-state index contributed by atoms with van der Waals surface area (Å²) >= 11 is 7.27. The Bertz CT molecular complexity index is 1290. The molecule has 34 heavy (non-hydrogen) atoms. The van der Waals surface area contributed by atoms with Gasteiger partial charge >= 0.3 is 0 Å². The summed E-state index contributed by atoms with van der Waals surface area (Å²) in [5, 5.41) is 15.5. The van der Waals surface area contributed by atoms with E-state index in [1.54, 1.807) is 48.5 Å². The van der Waals surface area contributed by atoms with Gasteiger partial charge in [-0.3, -0.25) is 9.59 Å². The number of para-hydroxylation sites is 2. The molecule has 0 saturated carbocycles. The highest BCUT2D eigenvalue weighted by atomic mass is 35.5. The number of halogens is 1. The van der Waals surface area contributed by atoms with Crippen molar-refractivity contribution in [2.24, 2.45) is 0 Å². The van der Waals surface area contributed by atoms with E-state index < -0.39 is 0 Å². The van der Waals surface area contributed by atoms with Gasteiger partial charge < -0.3 is 15.2 Å². The molecule has 1 aromatic heterocycles. The maximum atomic E-state index is 12.7. The topological polar surface area (TPSA) is 88.9 Å². The van der Waals surface area contributed by atoms with Gasteiger partial charge in [-0.05, 0) is 55.5 Å². The molecule has 0 aliphatic heterocycles. The molecule has 7 nitrogen and oxygen atoms in total. The van der Waals surface area contributed by atoms with Crippen LogP contribution >= 0.6 is 23.4 Å². The minimum atomic E-state index is -0.298. The van der Waals surface area contributed by atoms with Gasteiger partial charge in [0.2, 0.25) is 5.91 Å². The fourth-order valence-electron chi connectivity index (χ4n) is 3.32. The average Bonchev–Trinajstić information content (AvgIpc) is 3.27. The van der Waals surface area contributed by atoms with E-state index in [-0.39, 0.29) is 17.6 Å². The lowest BCUT2D eigenvalue weighted by molar-refractivity contribution is -0.113. The molecule has 1 heterocycles. The lowest BCUT2D eigenvalue weighted by Gasteiger charge is -2.12. The van der Waals surface area contributed by atoms with Gasteiger partial charge in [-0.15, -0.1) is 10.2 Å². The van der Waals surface area contributed by atoms with E-state index in [4.69, 9.17) is 11.6 Å². The van der Waals surface area contributed by atoms with E-state index in [2.05, 4.69) is 20.8 Å². The Kier molecular flexibility index (Phi) is 7.61. The molecule has 0 bridgehead atoms. The highest BCUT2D eigenvalue weighted by Gasteiger charge is 2.17. The maximum Gasteiger partial charge on any atom is 0.257 e. The summed E-state index contributed by atoms with van der Waals surface area (Å²) in [7, 11) is 0. The quantitative estimate of drug-likeness (QED) is 0.313. The maximum absolute atomic E-state index is 12.7. The van der Waals surface area contributed by atoms with Crippen molar-refractivity contribution < 1.29 is 9.59 Å². The smallest absolute Gasteiger partial charge is 0.257 e. The van der Waals surface area contributed by atoms with Crippen LogP contribution in [-0.4, -0.2) is 32.3 Å². The lowest BCUT2D eigenvalue weighted by atomic mass is 10.1. The number of carbonyl (C=O) groups excluding carboxylic acids is 2. The minimum Gasteiger partial charge on any atom is -0.325 e. The number of benzene rings is 3. The summed E-state index contributed by atoms with van der Waals surface area (Å²) in [6.45, 7) is 2.64. The number of anilines is 2. The van der Waals surface area contributed by atoms with Crippen molar-refractivity contribution >= 4 is 46.6 Å². The Hall–Kier alpha value is -3.62. The molecule has 3 aromatic carbocycles. The number of thioether (sulfide) groups is 1. The Morgan fingerprint density at radius 2 is 1.62 bits per heavy atom. The van der Waals surface area contributed by atoms with Crippen LogP contribution in [-0.2, 0) is 11.3 Å². The van der Waals surface area contributed by atoms with Gasteiger partial charge in [-0.25, -0.2) is 0 Å². The second-order valence-corrected chi connectivity index (χ2v) is 8.64. The van der Waals surface area contributed by atoms with Crippen molar-refractivity contribution in [3.05, 3.63) is 89.4 Å². The Balaban J connectivity index is 1.42. The second-order valence-electron chi connectivity index (χ2n) is 7.26. The van der Waals surface area contributed by atoms with Crippen LogP contribution in [0.4, 0.5) is 11.4 Å². The minimum absolute atomic E-state index is 0.118. The molecule has 0 fully saturated rings. The zero-order valence-corrected chi connectivity index (χ0v) is 19.9. The van der Waals surface area contributed by atoms with Crippen LogP contribution in [0.3, 0.4) is 0 Å². The fraction of sp³-hybridized carbons (Fsp3) is 0.120. The molecular formula is C25H22ClN5O2S. The van der Waals surface area contributed by atoms with E-state index in [0.29, 0.717) is 39.5 Å². The number of carbonyl (C=O) groups is 2.